The molecule has 2 aromatic carbocycles. The average Bonchev–Trinajstić information content (AvgIpc) is 3.12. The number of carbonyl (C=O) groups excluding carboxylic acids is 1. The summed E-state index contributed by atoms with van der Waals surface area (Å²) in [6.45, 7) is 0.979. The van der Waals surface area contributed by atoms with E-state index in [1.54, 1.807) is 4.90 Å². The van der Waals surface area contributed by atoms with Crippen molar-refractivity contribution in [3.8, 4) is 0 Å². The summed E-state index contributed by atoms with van der Waals surface area (Å²) < 4.78 is 10.6. The first-order chi connectivity index (χ1) is 10.8. The van der Waals surface area contributed by atoms with Crippen LogP contribution in [0.15, 0.2) is 52.9 Å². The quantitative estimate of drug-likeness (QED) is 0.800. The number of hydrogen-bond donors (Lipinski definition) is 1. The van der Waals surface area contributed by atoms with Gasteiger partial charge in [-0.15, -0.1) is 0 Å². The van der Waals surface area contributed by atoms with Crippen molar-refractivity contribution in [3.63, 3.8) is 0 Å². The Bertz CT molecular complexity index is 810. The standard InChI is InChI=1S/C16H13N3O3/c20-16-19(8-9-21-16)12-5-3-4-11(10-12)17-15-18-13-6-1-2-7-14(13)22-15/h1-7,10H,8-9H2,(H,17,18). The SMILES string of the molecule is O=C1OCCN1c1cccc(Nc2nc3ccccc3o2)c1. The second-order valence-electron chi connectivity index (χ2n) is 4.93. The van der Waals surface area contributed by atoms with E-state index in [2.05, 4.69) is 10.3 Å². The van der Waals surface area contributed by atoms with Crippen LogP contribution in [-0.2, 0) is 4.74 Å². The largest absolute Gasteiger partial charge is 0.447 e. The molecule has 0 bridgehead atoms. The molecule has 1 aliphatic rings. The summed E-state index contributed by atoms with van der Waals surface area (Å²) in [7, 11) is 0. The molecule has 1 fully saturated rings. The highest BCUT2D eigenvalue weighted by Crippen LogP contribution is 2.26. The van der Waals surface area contributed by atoms with Gasteiger partial charge >= 0.3 is 6.09 Å². The molecule has 1 N–H and O–H groups in total. The van der Waals surface area contributed by atoms with Gasteiger partial charge in [-0.3, -0.25) is 4.90 Å². The van der Waals surface area contributed by atoms with Crippen LogP contribution >= 0.6 is 0 Å². The van der Waals surface area contributed by atoms with Gasteiger partial charge in [-0.1, -0.05) is 18.2 Å². The number of anilines is 3. The molecular formula is C16H13N3O3. The molecule has 0 unspecified atom stereocenters. The highest BCUT2D eigenvalue weighted by Gasteiger charge is 2.23. The van der Waals surface area contributed by atoms with Gasteiger partial charge in [0.2, 0.25) is 0 Å². The van der Waals surface area contributed by atoms with Gasteiger partial charge < -0.3 is 14.5 Å². The number of aromatic nitrogens is 1. The maximum Gasteiger partial charge on any atom is 0.414 e. The molecule has 1 aromatic heterocycles. The third-order valence-electron chi connectivity index (χ3n) is 3.46. The number of ether oxygens (including phenoxy) is 1. The van der Waals surface area contributed by atoms with Crippen LogP contribution in [0.4, 0.5) is 22.2 Å². The van der Waals surface area contributed by atoms with Crippen LogP contribution < -0.4 is 10.2 Å². The fourth-order valence-electron chi connectivity index (χ4n) is 2.43. The second-order valence-corrected chi connectivity index (χ2v) is 4.93. The monoisotopic (exact) mass is 295 g/mol. The van der Waals surface area contributed by atoms with Crippen LogP contribution in [-0.4, -0.2) is 24.2 Å². The first-order valence-electron chi connectivity index (χ1n) is 6.96. The first kappa shape index (κ1) is 12.7. The van der Waals surface area contributed by atoms with Crippen LogP contribution in [0, 0.1) is 0 Å². The van der Waals surface area contributed by atoms with Gasteiger partial charge in [-0.2, -0.15) is 4.98 Å². The summed E-state index contributed by atoms with van der Waals surface area (Å²) in [6.07, 6.45) is -0.320. The Morgan fingerprint density at radius 3 is 2.86 bits per heavy atom. The van der Waals surface area contributed by atoms with E-state index >= 15 is 0 Å². The number of benzene rings is 2. The van der Waals surface area contributed by atoms with Gasteiger partial charge in [0.25, 0.3) is 6.01 Å². The maximum absolute atomic E-state index is 11.6. The third kappa shape index (κ3) is 2.24. The van der Waals surface area contributed by atoms with Crippen molar-refractivity contribution in [3.05, 3.63) is 48.5 Å². The van der Waals surface area contributed by atoms with Gasteiger partial charge in [0.15, 0.2) is 5.58 Å². The number of cyclic esters (lactones) is 1. The Hall–Kier alpha value is -3.02. The molecule has 1 amide bonds. The Morgan fingerprint density at radius 2 is 2.05 bits per heavy atom. The molecule has 6 heteroatoms. The number of para-hydroxylation sites is 2. The van der Waals surface area contributed by atoms with Crippen molar-refractivity contribution in [2.75, 3.05) is 23.4 Å². The number of carbonyl (C=O) groups is 1. The van der Waals surface area contributed by atoms with Crippen molar-refractivity contribution in [1.82, 2.24) is 4.98 Å². The summed E-state index contributed by atoms with van der Waals surface area (Å²) in [5.41, 5.74) is 3.10. The number of nitrogens with one attached hydrogen (secondary N) is 1. The van der Waals surface area contributed by atoms with Crippen molar-refractivity contribution < 1.29 is 13.9 Å². The summed E-state index contributed by atoms with van der Waals surface area (Å²) >= 11 is 0. The van der Waals surface area contributed by atoms with Crippen LogP contribution in [0.5, 0.6) is 0 Å². The molecular weight excluding hydrogens is 282 g/mol. The van der Waals surface area contributed by atoms with Gasteiger partial charge in [-0.05, 0) is 30.3 Å². The molecule has 1 aliphatic heterocycles. The fraction of sp³-hybridized carbons (Fsp3) is 0.125. The summed E-state index contributed by atoms with van der Waals surface area (Å²) in [6, 6.07) is 15.5. The number of oxazole rings is 1. The number of hydrogen-bond acceptors (Lipinski definition) is 5. The Labute approximate surface area is 126 Å². The van der Waals surface area contributed by atoms with E-state index in [-0.39, 0.29) is 6.09 Å². The Balaban J connectivity index is 1.61. The van der Waals surface area contributed by atoms with Crippen molar-refractivity contribution in [2.45, 2.75) is 0 Å². The predicted molar refractivity (Wildman–Crippen MR) is 82.4 cm³/mol. The van der Waals surface area contributed by atoms with Crippen molar-refractivity contribution >= 4 is 34.6 Å². The van der Waals surface area contributed by atoms with Gasteiger partial charge in [0.1, 0.15) is 12.1 Å². The highest BCUT2D eigenvalue weighted by molar-refractivity contribution is 5.90. The number of rotatable bonds is 3. The smallest absolute Gasteiger partial charge is 0.414 e. The zero-order chi connectivity index (χ0) is 14.9. The zero-order valence-electron chi connectivity index (χ0n) is 11.7. The maximum atomic E-state index is 11.6. The Kier molecular flexibility index (Phi) is 2.93. The molecule has 6 nitrogen and oxygen atoms in total. The van der Waals surface area contributed by atoms with E-state index < -0.39 is 0 Å². The van der Waals surface area contributed by atoms with Crippen LogP contribution in [0.2, 0.25) is 0 Å². The van der Waals surface area contributed by atoms with E-state index in [1.807, 2.05) is 48.5 Å². The molecule has 22 heavy (non-hydrogen) atoms. The van der Waals surface area contributed by atoms with Crippen LogP contribution in [0.25, 0.3) is 11.1 Å². The minimum atomic E-state index is -0.320. The van der Waals surface area contributed by atoms with E-state index in [1.165, 1.54) is 0 Å². The summed E-state index contributed by atoms with van der Waals surface area (Å²) in [5.74, 6) is 0. The van der Waals surface area contributed by atoms with Gasteiger partial charge in [0.05, 0.1) is 6.54 Å². The minimum Gasteiger partial charge on any atom is -0.447 e. The molecule has 0 spiro atoms. The summed E-state index contributed by atoms with van der Waals surface area (Å²) in [5, 5.41) is 3.12. The molecule has 0 saturated carbocycles. The molecule has 1 saturated heterocycles. The van der Waals surface area contributed by atoms with Crippen LogP contribution in [0.3, 0.4) is 0 Å². The lowest BCUT2D eigenvalue weighted by Gasteiger charge is -2.13. The third-order valence-corrected chi connectivity index (χ3v) is 3.46. The van der Waals surface area contributed by atoms with Crippen LogP contribution in [0.1, 0.15) is 0 Å². The molecule has 0 radical (unpaired) electrons. The zero-order valence-corrected chi connectivity index (χ0v) is 11.7. The normalized spacial score (nSPS) is 14.4. The number of amides is 1. The lowest BCUT2D eigenvalue weighted by molar-refractivity contribution is 0.181. The van der Waals surface area contributed by atoms with E-state index in [4.69, 9.17) is 9.15 Å². The van der Waals surface area contributed by atoms with Gasteiger partial charge in [-0.25, -0.2) is 4.79 Å². The lowest BCUT2D eigenvalue weighted by atomic mass is 10.2. The highest BCUT2D eigenvalue weighted by atomic mass is 16.6. The topological polar surface area (TPSA) is 67.6 Å². The Morgan fingerprint density at radius 1 is 1.14 bits per heavy atom. The van der Waals surface area contributed by atoms with E-state index in [9.17, 15) is 4.79 Å². The summed E-state index contributed by atoms with van der Waals surface area (Å²) in [4.78, 5) is 17.6. The first-order valence-corrected chi connectivity index (χ1v) is 6.96. The molecule has 0 aliphatic carbocycles. The number of fused-ring (bicyclic) bond motifs is 1. The molecule has 2 heterocycles. The minimum absolute atomic E-state index is 0.320. The number of nitrogens with zero attached hydrogens (tertiary/aromatic N) is 2. The molecule has 4 rings (SSSR count). The van der Waals surface area contributed by atoms with E-state index in [0.29, 0.717) is 19.2 Å². The van der Waals surface area contributed by atoms with E-state index in [0.717, 1.165) is 22.5 Å². The molecule has 3 aromatic rings. The molecule has 110 valence electrons. The average molecular weight is 295 g/mol. The fourth-order valence-corrected chi connectivity index (χ4v) is 2.43. The molecule has 0 atom stereocenters. The van der Waals surface area contributed by atoms with Crippen molar-refractivity contribution in [1.29, 1.82) is 0 Å². The second kappa shape index (κ2) is 5.07. The lowest BCUT2D eigenvalue weighted by Crippen LogP contribution is -2.23. The van der Waals surface area contributed by atoms with Gasteiger partial charge in [0, 0.05) is 11.4 Å². The predicted octanol–water partition coefficient (Wildman–Crippen LogP) is 3.53. The van der Waals surface area contributed by atoms with Crippen molar-refractivity contribution in [2.24, 2.45) is 0 Å².